The molecule has 0 aliphatic carbocycles. The largest absolute Gasteiger partial charge is 0.478 e. The predicted molar refractivity (Wildman–Crippen MR) is 94.5 cm³/mol. The quantitative estimate of drug-likeness (QED) is 0.476. The number of carbonyl (C=O) groups is 4. The number of nitrogens with zero attached hydrogens (tertiary/aromatic N) is 1. The number of hydrogen-bond donors (Lipinski definition) is 2. The maximum Gasteiger partial charge on any atom is 0.335 e. The molecule has 1 aromatic heterocycles. The third-order valence-electron chi connectivity index (χ3n) is 3.80. The third-order valence-corrected chi connectivity index (χ3v) is 3.80. The van der Waals surface area contributed by atoms with Gasteiger partial charge in [-0.3, -0.25) is 19.8 Å². The van der Waals surface area contributed by atoms with Gasteiger partial charge in [-0.25, -0.2) is 9.59 Å². The van der Waals surface area contributed by atoms with Gasteiger partial charge in [0.25, 0.3) is 11.8 Å². The molecular weight excluding hydrogens is 352 g/mol. The maximum atomic E-state index is 12.4. The van der Waals surface area contributed by atoms with E-state index in [0.717, 1.165) is 4.90 Å². The van der Waals surface area contributed by atoms with Crippen LogP contribution in [0.3, 0.4) is 0 Å². The first-order valence-corrected chi connectivity index (χ1v) is 7.84. The summed E-state index contributed by atoms with van der Waals surface area (Å²) in [4.78, 5) is 48.0. The first kappa shape index (κ1) is 17.9. The minimum absolute atomic E-state index is 0.0410. The van der Waals surface area contributed by atoms with Crippen LogP contribution in [0, 0.1) is 0 Å². The average Bonchev–Trinajstić information content (AvgIpc) is 3.11. The van der Waals surface area contributed by atoms with Crippen molar-refractivity contribution in [1.82, 2.24) is 10.2 Å². The zero-order valence-corrected chi connectivity index (χ0v) is 14.0. The lowest BCUT2D eigenvalue weighted by atomic mass is 10.1. The van der Waals surface area contributed by atoms with Gasteiger partial charge >= 0.3 is 12.0 Å². The molecule has 0 radical (unpaired) electrons. The molecule has 2 aromatic rings. The smallest absolute Gasteiger partial charge is 0.335 e. The first-order valence-electron chi connectivity index (χ1n) is 7.84. The lowest BCUT2D eigenvalue weighted by Gasteiger charge is -2.24. The number of nitrogens with one attached hydrogen (secondary N) is 1. The van der Waals surface area contributed by atoms with Gasteiger partial charge < -0.3 is 9.52 Å². The Bertz CT molecular complexity index is 1000. The molecule has 2 N–H and O–H groups in total. The summed E-state index contributed by atoms with van der Waals surface area (Å²) in [5.41, 5.74) is 0.378. The minimum atomic E-state index is -1.07. The summed E-state index contributed by atoms with van der Waals surface area (Å²) in [6.07, 6.45) is 2.59. The maximum absolute atomic E-state index is 12.4. The summed E-state index contributed by atoms with van der Waals surface area (Å²) in [6, 6.07) is 8.46. The highest BCUT2D eigenvalue weighted by molar-refractivity contribution is 6.30. The molecular formula is C19H14N2O6. The van der Waals surface area contributed by atoms with Crippen LogP contribution in [0.5, 0.6) is 0 Å². The van der Waals surface area contributed by atoms with E-state index in [-0.39, 0.29) is 23.4 Å². The fourth-order valence-electron chi connectivity index (χ4n) is 2.52. The summed E-state index contributed by atoms with van der Waals surface area (Å²) in [5.74, 6) is -2.07. The number of furan rings is 1. The van der Waals surface area contributed by atoms with Crippen LogP contribution >= 0.6 is 0 Å². The molecule has 2 heterocycles. The molecule has 0 atom stereocenters. The number of carboxylic acids is 1. The van der Waals surface area contributed by atoms with Gasteiger partial charge in [0.2, 0.25) is 0 Å². The van der Waals surface area contributed by atoms with E-state index in [0.29, 0.717) is 11.3 Å². The minimum Gasteiger partial charge on any atom is -0.478 e. The number of urea groups is 1. The lowest BCUT2D eigenvalue weighted by Crippen LogP contribution is -2.54. The highest BCUT2D eigenvalue weighted by Crippen LogP contribution is 2.25. The number of aromatic carboxylic acids is 1. The number of hydrogen-bond acceptors (Lipinski definition) is 5. The number of imide groups is 2. The van der Waals surface area contributed by atoms with Crippen LogP contribution in [0.25, 0.3) is 17.4 Å². The van der Waals surface area contributed by atoms with E-state index in [9.17, 15) is 19.2 Å². The summed E-state index contributed by atoms with van der Waals surface area (Å²) in [6.45, 7) is 3.43. The SMILES string of the molecule is C=CCN1C(=O)NC(=O)C(=Cc2ccc(-c3cccc(C(=O)O)c3)o2)C1=O. The predicted octanol–water partition coefficient (Wildman–Crippen LogP) is 2.29. The van der Waals surface area contributed by atoms with Crippen LogP contribution in [-0.2, 0) is 9.59 Å². The van der Waals surface area contributed by atoms with Crippen molar-refractivity contribution < 1.29 is 28.7 Å². The molecule has 4 amide bonds. The molecule has 1 aliphatic rings. The van der Waals surface area contributed by atoms with E-state index in [1.165, 1.54) is 30.4 Å². The number of rotatable bonds is 5. The molecule has 8 nitrogen and oxygen atoms in total. The van der Waals surface area contributed by atoms with Crippen molar-refractivity contribution in [1.29, 1.82) is 0 Å². The number of carbonyl (C=O) groups excluding carboxylic acids is 3. The van der Waals surface area contributed by atoms with Crippen LogP contribution in [0.15, 0.2) is 59.0 Å². The molecule has 0 saturated carbocycles. The summed E-state index contributed by atoms with van der Waals surface area (Å²) >= 11 is 0. The van der Waals surface area contributed by atoms with E-state index in [1.807, 2.05) is 0 Å². The Kier molecular flexibility index (Phi) is 4.71. The second-order valence-electron chi connectivity index (χ2n) is 5.61. The zero-order chi connectivity index (χ0) is 19.6. The highest BCUT2D eigenvalue weighted by atomic mass is 16.4. The van der Waals surface area contributed by atoms with Crippen LogP contribution in [0.2, 0.25) is 0 Å². The molecule has 1 saturated heterocycles. The summed E-state index contributed by atoms with van der Waals surface area (Å²) in [5, 5.41) is 11.1. The normalized spacial score (nSPS) is 15.8. The van der Waals surface area contributed by atoms with Gasteiger partial charge in [-0.2, -0.15) is 0 Å². The Morgan fingerprint density at radius 3 is 2.70 bits per heavy atom. The number of amides is 4. The van der Waals surface area contributed by atoms with Crippen molar-refractivity contribution in [2.45, 2.75) is 0 Å². The van der Waals surface area contributed by atoms with Gasteiger partial charge in [-0.1, -0.05) is 18.2 Å². The Morgan fingerprint density at radius 2 is 2.00 bits per heavy atom. The summed E-state index contributed by atoms with van der Waals surface area (Å²) in [7, 11) is 0. The van der Waals surface area contributed by atoms with Crippen molar-refractivity contribution in [3.05, 3.63) is 65.9 Å². The second kappa shape index (κ2) is 7.12. The lowest BCUT2D eigenvalue weighted by molar-refractivity contribution is -0.129. The van der Waals surface area contributed by atoms with E-state index in [2.05, 4.69) is 11.9 Å². The fraction of sp³-hybridized carbons (Fsp3) is 0.0526. The van der Waals surface area contributed by atoms with Crippen LogP contribution < -0.4 is 5.32 Å². The van der Waals surface area contributed by atoms with Crippen molar-refractivity contribution >= 4 is 29.9 Å². The topological polar surface area (TPSA) is 117 Å². The van der Waals surface area contributed by atoms with Gasteiger partial charge in [0.15, 0.2) is 0 Å². The standard InChI is InChI=1S/C19H14N2O6/c1-2-8-21-17(23)14(16(22)20-19(21)26)10-13-6-7-15(27-13)11-4-3-5-12(9-11)18(24)25/h2-7,9-10H,1,8H2,(H,24,25)(H,20,22,26). The van der Waals surface area contributed by atoms with Crippen LogP contribution in [-0.4, -0.2) is 40.4 Å². The molecule has 1 aliphatic heterocycles. The number of barbiturate groups is 1. The van der Waals surface area contributed by atoms with E-state index in [1.54, 1.807) is 18.2 Å². The molecule has 8 heteroatoms. The molecule has 1 fully saturated rings. The van der Waals surface area contributed by atoms with Crippen LogP contribution in [0.1, 0.15) is 16.1 Å². The average molecular weight is 366 g/mol. The highest BCUT2D eigenvalue weighted by Gasteiger charge is 2.35. The monoisotopic (exact) mass is 366 g/mol. The van der Waals surface area contributed by atoms with Gasteiger partial charge in [0, 0.05) is 12.1 Å². The Balaban J connectivity index is 1.92. The molecule has 3 rings (SSSR count). The molecule has 0 bridgehead atoms. The molecule has 0 unspecified atom stereocenters. The molecule has 1 aromatic carbocycles. The van der Waals surface area contributed by atoms with E-state index in [4.69, 9.17) is 9.52 Å². The molecule has 0 spiro atoms. The van der Waals surface area contributed by atoms with E-state index < -0.39 is 23.8 Å². The number of benzene rings is 1. The van der Waals surface area contributed by atoms with Crippen molar-refractivity contribution in [2.24, 2.45) is 0 Å². The third kappa shape index (κ3) is 3.54. The number of carboxylic acid groups (broad SMARTS) is 1. The van der Waals surface area contributed by atoms with Crippen LogP contribution in [0.4, 0.5) is 4.79 Å². The fourth-order valence-corrected chi connectivity index (χ4v) is 2.52. The second-order valence-corrected chi connectivity index (χ2v) is 5.61. The van der Waals surface area contributed by atoms with Gasteiger partial charge in [0.05, 0.1) is 5.56 Å². The Morgan fingerprint density at radius 1 is 1.22 bits per heavy atom. The van der Waals surface area contributed by atoms with E-state index >= 15 is 0 Å². The van der Waals surface area contributed by atoms with Gasteiger partial charge in [0.1, 0.15) is 17.1 Å². The Hall–Kier alpha value is -3.94. The van der Waals surface area contributed by atoms with Crippen molar-refractivity contribution in [3.8, 4) is 11.3 Å². The Labute approximate surface area is 153 Å². The first-order chi connectivity index (χ1) is 12.9. The van der Waals surface area contributed by atoms with Gasteiger partial charge in [-0.15, -0.1) is 6.58 Å². The molecule has 136 valence electrons. The zero-order valence-electron chi connectivity index (χ0n) is 14.0. The van der Waals surface area contributed by atoms with Crippen molar-refractivity contribution in [2.75, 3.05) is 6.54 Å². The summed E-state index contributed by atoms with van der Waals surface area (Å²) < 4.78 is 5.60. The van der Waals surface area contributed by atoms with Gasteiger partial charge in [-0.05, 0) is 30.3 Å². The molecule has 27 heavy (non-hydrogen) atoms. The van der Waals surface area contributed by atoms with Crippen molar-refractivity contribution in [3.63, 3.8) is 0 Å².